The van der Waals surface area contributed by atoms with E-state index >= 15 is 0 Å². The van der Waals surface area contributed by atoms with Gasteiger partial charge in [-0.05, 0) is 17.5 Å². The first-order valence-electron chi connectivity index (χ1n) is 8.88. The molecule has 0 N–H and O–H groups in total. The fourth-order valence-electron chi connectivity index (χ4n) is 3.97. The topological polar surface area (TPSA) is 40.6 Å². The van der Waals surface area contributed by atoms with Gasteiger partial charge >= 0.3 is 0 Å². The molecule has 0 radical (unpaired) electrons. The molecule has 0 aliphatic carbocycles. The molecule has 25 heavy (non-hydrogen) atoms. The molecule has 2 aliphatic heterocycles. The Morgan fingerprint density at radius 3 is 1.84 bits per heavy atom. The van der Waals surface area contributed by atoms with Gasteiger partial charge in [-0.15, -0.1) is 0 Å². The lowest BCUT2D eigenvalue weighted by Gasteiger charge is -2.20. The summed E-state index contributed by atoms with van der Waals surface area (Å²) in [4.78, 5) is 29.1. The lowest BCUT2D eigenvalue weighted by Crippen LogP contribution is -2.37. The number of fused-ring (bicyclic) bond motifs is 1. The van der Waals surface area contributed by atoms with Crippen molar-refractivity contribution in [3.05, 3.63) is 71.8 Å². The van der Waals surface area contributed by atoms with E-state index in [0.29, 0.717) is 19.6 Å². The largest absolute Gasteiger partial charge is 0.297 e. The van der Waals surface area contributed by atoms with Crippen molar-refractivity contribution in [2.45, 2.75) is 13.0 Å². The standard InChI is InChI=1S/C21H22N2O2/c24-20-18-14-22(13-17-9-5-2-6-10-17)15-19(18)21(25)23(20)12-11-16-7-3-1-4-8-16/h1-10,18-19H,11-15H2/t18-,19+. The van der Waals surface area contributed by atoms with Crippen molar-refractivity contribution in [1.29, 1.82) is 0 Å². The Balaban J connectivity index is 1.38. The SMILES string of the molecule is O=C1[C@H]2CN(Cc3ccccc3)C[C@H]2C(=O)N1CCc1ccccc1. The van der Waals surface area contributed by atoms with Crippen LogP contribution >= 0.6 is 0 Å². The zero-order valence-corrected chi connectivity index (χ0v) is 14.2. The minimum absolute atomic E-state index is 0.0153. The van der Waals surface area contributed by atoms with Crippen molar-refractivity contribution < 1.29 is 9.59 Å². The average Bonchev–Trinajstić information content (AvgIpc) is 3.15. The van der Waals surface area contributed by atoms with Gasteiger partial charge in [0.25, 0.3) is 0 Å². The molecule has 0 unspecified atom stereocenters. The van der Waals surface area contributed by atoms with E-state index in [4.69, 9.17) is 0 Å². The molecule has 2 aromatic rings. The van der Waals surface area contributed by atoms with Crippen molar-refractivity contribution in [2.75, 3.05) is 19.6 Å². The van der Waals surface area contributed by atoms with Gasteiger partial charge in [0.15, 0.2) is 0 Å². The van der Waals surface area contributed by atoms with E-state index in [1.54, 1.807) is 0 Å². The lowest BCUT2D eigenvalue weighted by atomic mass is 10.00. The third-order valence-electron chi connectivity index (χ3n) is 5.28. The van der Waals surface area contributed by atoms with Gasteiger partial charge in [0.05, 0.1) is 11.8 Å². The molecule has 0 saturated carbocycles. The van der Waals surface area contributed by atoms with Crippen LogP contribution in [0, 0.1) is 11.8 Å². The van der Waals surface area contributed by atoms with Gasteiger partial charge in [0, 0.05) is 26.2 Å². The number of carbonyl (C=O) groups excluding carboxylic acids is 2. The number of nitrogens with zero attached hydrogens (tertiary/aromatic N) is 2. The third-order valence-corrected chi connectivity index (χ3v) is 5.28. The number of imide groups is 1. The van der Waals surface area contributed by atoms with Crippen molar-refractivity contribution in [1.82, 2.24) is 9.80 Å². The summed E-state index contributed by atoms with van der Waals surface area (Å²) in [5.41, 5.74) is 2.38. The molecule has 0 bridgehead atoms. The maximum atomic E-state index is 12.7. The summed E-state index contributed by atoms with van der Waals surface area (Å²) in [5, 5.41) is 0. The number of hydrogen-bond acceptors (Lipinski definition) is 3. The first-order valence-corrected chi connectivity index (χ1v) is 8.88. The summed E-state index contributed by atoms with van der Waals surface area (Å²) >= 11 is 0. The van der Waals surface area contributed by atoms with E-state index in [9.17, 15) is 9.59 Å². The summed E-state index contributed by atoms with van der Waals surface area (Å²) in [7, 11) is 0. The number of benzene rings is 2. The van der Waals surface area contributed by atoms with Crippen molar-refractivity contribution in [3.8, 4) is 0 Å². The maximum Gasteiger partial charge on any atom is 0.234 e. The Hall–Kier alpha value is -2.46. The number of carbonyl (C=O) groups is 2. The fourth-order valence-corrected chi connectivity index (χ4v) is 3.97. The monoisotopic (exact) mass is 334 g/mol. The second kappa shape index (κ2) is 6.81. The van der Waals surface area contributed by atoms with E-state index in [-0.39, 0.29) is 23.7 Å². The average molecular weight is 334 g/mol. The van der Waals surface area contributed by atoms with E-state index in [1.807, 2.05) is 48.5 Å². The van der Waals surface area contributed by atoms with Crippen LogP contribution in [0.25, 0.3) is 0 Å². The van der Waals surface area contributed by atoms with Crippen LogP contribution in [0.15, 0.2) is 60.7 Å². The number of rotatable bonds is 5. The minimum atomic E-state index is -0.160. The predicted octanol–water partition coefficient (Wildman–Crippen LogP) is 2.35. The highest BCUT2D eigenvalue weighted by atomic mass is 16.2. The van der Waals surface area contributed by atoms with Gasteiger partial charge in [0.2, 0.25) is 11.8 Å². The predicted molar refractivity (Wildman–Crippen MR) is 95.6 cm³/mol. The van der Waals surface area contributed by atoms with Crippen molar-refractivity contribution in [3.63, 3.8) is 0 Å². The minimum Gasteiger partial charge on any atom is -0.297 e. The van der Waals surface area contributed by atoms with Crippen LogP contribution in [0.1, 0.15) is 11.1 Å². The van der Waals surface area contributed by atoms with E-state index in [1.165, 1.54) is 10.5 Å². The number of hydrogen-bond donors (Lipinski definition) is 0. The van der Waals surface area contributed by atoms with Gasteiger partial charge in [-0.25, -0.2) is 0 Å². The molecule has 2 heterocycles. The molecule has 128 valence electrons. The molecule has 2 aliphatic rings. The summed E-state index contributed by atoms with van der Waals surface area (Å²) in [5.74, 6) is -0.290. The van der Waals surface area contributed by atoms with Crippen molar-refractivity contribution >= 4 is 11.8 Å². The van der Waals surface area contributed by atoms with E-state index in [0.717, 1.165) is 18.5 Å². The van der Waals surface area contributed by atoms with Gasteiger partial charge < -0.3 is 0 Å². The zero-order chi connectivity index (χ0) is 17.2. The molecule has 2 aromatic carbocycles. The number of amides is 2. The second-order valence-electron chi connectivity index (χ2n) is 6.96. The molecule has 0 aromatic heterocycles. The van der Waals surface area contributed by atoms with Gasteiger partial charge in [-0.3, -0.25) is 19.4 Å². The summed E-state index contributed by atoms with van der Waals surface area (Å²) in [6, 6.07) is 20.2. The Labute approximate surface area is 148 Å². The Morgan fingerprint density at radius 2 is 1.28 bits per heavy atom. The Kier molecular flexibility index (Phi) is 4.36. The molecule has 2 saturated heterocycles. The molecular formula is C21H22N2O2. The van der Waals surface area contributed by atoms with E-state index in [2.05, 4.69) is 17.0 Å². The number of likely N-dealkylation sites (tertiary alicyclic amines) is 2. The lowest BCUT2D eigenvalue weighted by molar-refractivity contribution is -0.140. The first kappa shape index (κ1) is 16.0. The second-order valence-corrected chi connectivity index (χ2v) is 6.96. The Bertz CT molecular complexity index is 736. The van der Waals surface area contributed by atoms with Gasteiger partial charge in [-0.2, -0.15) is 0 Å². The van der Waals surface area contributed by atoms with Crippen LogP contribution in [-0.4, -0.2) is 41.2 Å². The smallest absolute Gasteiger partial charge is 0.234 e. The summed E-state index contributed by atoms with van der Waals surface area (Å²) in [6.07, 6.45) is 0.728. The van der Waals surface area contributed by atoms with E-state index < -0.39 is 0 Å². The Morgan fingerprint density at radius 1 is 0.760 bits per heavy atom. The highest BCUT2D eigenvalue weighted by molar-refractivity contribution is 6.05. The van der Waals surface area contributed by atoms with Crippen LogP contribution < -0.4 is 0 Å². The molecule has 2 fully saturated rings. The molecule has 4 nitrogen and oxygen atoms in total. The fraction of sp³-hybridized carbons (Fsp3) is 0.333. The first-order chi connectivity index (χ1) is 12.2. The maximum absolute atomic E-state index is 12.7. The van der Waals surface area contributed by atoms with Crippen LogP contribution in [0.2, 0.25) is 0 Å². The normalized spacial score (nSPS) is 23.3. The highest BCUT2D eigenvalue weighted by Crippen LogP contribution is 2.34. The molecule has 0 spiro atoms. The van der Waals surface area contributed by atoms with Crippen LogP contribution in [-0.2, 0) is 22.6 Å². The van der Waals surface area contributed by atoms with Gasteiger partial charge in [0.1, 0.15) is 0 Å². The van der Waals surface area contributed by atoms with Crippen LogP contribution in [0.3, 0.4) is 0 Å². The van der Waals surface area contributed by atoms with Crippen molar-refractivity contribution in [2.24, 2.45) is 11.8 Å². The highest BCUT2D eigenvalue weighted by Gasteiger charge is 2.51. The quantitative estimate of drug-likeness (QED) is 0.788. The molecule has 2 amide bonds. The summed E-state index contributed by atoms with van der Waals surface area (Å²) in [6.45, 7) is 2.67. The van der Waals surface area contributed by atoms with Crippen LogP contribution in [0.5, 0.6) is 0 Å². The molecule has 2 atom stereocenters. The zero-order valence-electron chi connectivity index (χ0n) is 14.2. The van der Waals surface area contributed by atoms with Gasteiger partial charge in [-0.1, -0.05) is 60.7 Å². The molecule has 4 heteroatoms. The molecular weight excluding hydrogens is 312 g/mol. The third kappa shape index (κ3) is 3.22. The molecule has 4 rings (SSSR count). The summed E-state index contributed by atoms with van der Waals surface area (Å²) < 4.78 is 0. The van der Waals surface area contributed by atoms with Crippen LogP contribution in [0.4, 0.5) is 0 Å².